The van der Waals surface area contributed by atoms with E-state index in [-0.39, 0.29) is 12.1 Å². The molecule has 1 saturated heterocycles. The van der Waals surface area contributed by atoms with Crippen molar-refractivity contribution >= 4 is 33.5 Å². The zero-order valence-corrected chi connectivity index (χ0v) is 18.3. The van der Waals surface area contributed by atoms with Crippen molar-refractivity contribution < 1.29 is 22.3 Å². The average molecular weight is 457 g/mol. The Morgan fingerprint density at radius 1 is 1.29 bits per heavy atom. The van der Waals surface area contributed by atoms with E-state index in [1.165, 1.54) is 12.1 Å². The van der Waals surface area contributed by atoms with E-state index in [4.69, 9.17) is 9.73 Å². The van der Waals surface area contributed by atoms with Gasteiger partial charge in [0.15, 0.2) is 0 Å². The lowest BCUT2D eigenvalue weighted by molar-refractivity contribution is -0.134. The summed E-state index contributed by atoms with van der Waals surface area (Å²) in [5, 5.41) is 3.29. The van der Waals surface area contributed by atoms with Crippen LogP contribution in [-0.4, -0.2) is 61.6 Å². The molecule has 1 N–H and O–H groups in total. The van der Waals surface area contributed by atoms with E-state index in [1.807, 2.05) is 18.9 Å². The van der Waals surface area contributed by atoms with Crippen molar-refractivity contribution in [3.8, 4) is 0 Å². The molecule has 1 unspecified atom stereocenters. The molecule has 0 bridgehead atoms. The second-order valence-corrected chi connectivity index (χ2v) is 8.99. The van der Waals surface area contributed by atoms with Gasteiger partial charge < -0.3 is 15.0 Å². The third-order valence-corrected chi connectivity index (χ3v) is 6.86. The molecule has 3 heterocycles. The van der Waals surface area contributed by atoms with E-state index < -0.39 is 16.9 Å². The van der Waals surface area contributed by atoms with Gasteiger partial charge in [0.05, 0.1) is 23.0 Å². The summed E-state index contributed by atoms with van der Waals surface area (Å²) >= 11 is 0.612. The third-order valence-electron chi connectivity index (χ3n) is 5.77. The highest BCUT2D eigenvalue weighted by molar-refractivity contribution is 7.16. The van der Waals surface area contributed by atoms with Crippen molar-refractivity contribution in [2.45, 2.75) is 31.7 Å². The maximum Gasteiger partial charge on any atom is 0.425 e. The first kappa shape index (κ1) is 22.0. The topological polar surface area (TPSA) is 40.1 Å². The predicted octanol–water partition coefficient (Wildman–Crippen LogP) is 5.08. The van der Waals surface area contributed by atoms with Gasteiger partial charge in [0, 0.05) is 32.8 Å². The molecule has 1 aromatic heterocycles. The Kier molecular flexibility index (Phi) is 5.97. The summed E-state index contributed by atoms with van der Waals surface area (Å²) in [6.07, 6.45) is -3.61. The van der Waals surface area contributed by atoms with Crippen LogP contribution in [0.1, 0.15) is 23.8 Å². The van der Waals surface area contributed by atoms with Crippen LogP contribution in [0.15, 0.2) is 29.3 Å². The van der Waals surface area contributed by atoms with Gasteiger partial charge in [-0.3, -0.25) is 4.90 Å². The molecule has 2 aliphatic heterocycles. The number of ether oxygens (including phenoxy) is 1. The van der Waals surface area contributed by atoms with Crippen LogP contribution in [0.3, 0.4) is 0 Å². The molecular weight excluding hydrogens is 432 g/mol. The number of nitrogens with one attached hydrogen (secondary N) is 1. The minimum atomic E-state index is -4.47. The number of fused-ring (bicyclic) bond motifs is 2. The van der Waals surface area contributed by atoms with Gasteiger partial charge in [0.25, 0.3) is 0 Å². The molecule has 0 amide bonds. The predicted molar refractivity (Wildman–Crippen MR) is 114 cm³/mol. The molecule has 10 heteroatoms. The summed E-state index contributed by atoms with van der Waals surface area (Å²) in [5.41, 5.74) is 1.23. The summed E-state index contributed by atoms with van der Waals surface area (Å²) in [4.78, 5) is 8.25. The highest BCUT2D eigenvalue weighted by atomic mass is 32.1. The maximum absolute atomic E-state index is 13.8. The number of halogens is 4. The quantitative estimate of drug-likeness (QED) is 0.654. The Bertz CT molecular complexity index is 990. The van der Waals surface area contributed by atoms with Gasteiger partial charge in [-0.25, -0.2) is 9.38 Å². The summed E-state index contributed by atoms with van der Waals surface area (Å²) in [5.74, 6) is -0.00459. The van der Waals surface area contributed by atoms with E-state index in [0.29, 0.717) is 52.2 Å². The number of hydrogen-bond donors (Lipinski definition) is 1. The van der Waals surface area contributed by atoms with Crippen LogP contribution in [0.2, 0.25) is 0 Å². The van der Waals surface area contributed by atoms with E-state index in [0.717, 1.165) is 19.0 Å². The number of likely N-dealkylation sites (N-methyl/N-ethyl adjacent to an activating group) is 1. The molecule has 0 radical (unpaired) electrons. The number of thiophene rings is 1. The minimum absolute atomic E-state index is 0.0578. The third kappa shape index (κ3) is 4.56. The molecule has 1 fully saturated rings. The van der Waals surface area contributed by atoms with Gasteiger partial charge in [0.1, 0.15) is 21.5 Å². The molecule has 1 aromatic carbocycles. The van der Waals surface area contributed by atoms with E-state index >= 15 is 0 Å². The number of aliphatic imine (C=N–C) groups is 1. The van der Waals surface area contributed by atoms with Crippen molar-refractivity contribution in [2.24, 2.45) is 4.99 Å². The molecule has 2 aromatic rings. The molecule has 5 nitrogen and oxygen atoms in total. The molecule has 0 aliphatic carbocycles. The molecule has 2 atom stereocenters. The summed E-state index contributed by atoms with van der Waals surface area (Å²) in [7, 11) is 3.70. The summed E-state index contributed by atoms with van der Waals surface area (Å²) in [6.45, 7) is 3.98. The van der Waals surface area contributed by atoms with Gasteiger partial charge in [-0.05, 0) is 44.7 Å². The highest BCUT2D eigenvalue weighted by Gasteiger charge is 2.37. The molecule has 0 saturated carbocycles. The first-order valence-corrected chi connectivity index (χ1v) is 10.8. The number of methoxy groups -OCH3 is 1. The number of amidine groups is 1. The minimum Gasteiger partial charge on any atom is -0.382 e. The number of rotatable bonds is 3. The first-order valence-electron chi connectivity index (χ1n) is 10.0. The van der Waals surface area contributed by atoms with Gasteiger partial charge in [-0.15, -0.1) is 11.3 Å². The Balaban J connectivity index is 1.75. The van der Waals surface area contributed by atoms with Crippen molar-refractivity contribution in [1.82, 2.24) is 9.80 Å². The van der Waals surface area contributed by atoms with Crippen LogP contribution in [0, 0.1) is 5.82 Å². The van der Waals surface area contributed by atoms with Crippen molar-refractivity contribution in [3.63, 3.8) is 0 Å². The summed E-state index contributed by atoms with van der Waals surface area (Å²) in [6, 6.07) is 5.40. The standard InChI is InChI=1S/C21H24F4N4OS/c1-12(30-3)8-14-11-29(7-6-28(14)2)19-15-10-18(21(23,24)25)31-20(15)27-17-9-13(22)4-5-16(17)26-19/h4-5,9-10,12,14,27H,6-8,11H2,1-3H3/t12-,14?/m0/s1. The van der Waals surface area contributed by atoms with Gasteiger partial charge >= 0.3 is 6.18 Å². The fraction of sp³-hybridized carbons (Fsp3) is 0.476. The average Bonchev–Trinajstić information content (AvgIpc) is 3.07. The van der Waals surface area contributed by atoms with Crippen molar-refractivity contribution in [2.75, 3.05) is 39.1 Å². The van der Waals surface area contributed by atoms with Crippen molar-refractivity contribution in [3.05, 3.63) is 40.5 Å². The van der Waals surface area contributed by atoms with Crippen LogP contribution >= 0.6 is 11.3 Å². The summed E-state index contributed by atoms with van der Waals surface area (Å²) < 4.78 is 59.6. The maximum atomic E-state index is 13.8. The Morgan fingerprint density at radius 3 is 2.77 bits per heavy atom. The number of nitrogens with zero attached hydrogens (tertiary/aromatic N) is 3. The lowest BCUT2D eigenvalue weighted by Crippen LogP contribution is -2.54. The second-order valence-electron chi connectivity index (χ2n) is 7.94. The normalized spacial score (nSPS) is 20.4. The number of benzene rings is 1. The van der Waals surface area contributed by atoms with Gasteiger partial charge in [-0.1, -0.05) is 0 Å². The largest absolute Gasteiger partial charge is 0.425 e. The zero-order valence-electron chi connectivity index (χ0n) is 17.5. The Hall–Kier alpha value is -2.17. The smallest absolute Gasteiger partial charge is 0.382 e. The second kappa shape index (κ2) is 8.40. The molecular formula is C21H24F4N4OS. The fourth-order valence-electron chi connectivity index (χ4n) is 3.91. The van der Waals surface area contributed by atoms with Crippen LogP contribution in [0.25, 0.3) is 0 Å². The van der Waals surface area contributed by atoms with Gasteiger partial charge in [-0.2, -0.15) is 13.2 Å². The van der Waals surface area contributed by atoms with Gasteiger partial charge in [0.2, 0.25) is 0 Å². The highest BCUT2D eigenvalue weighted by Crippen LogP contribution is 2.44. The number of anilines is 2. The van der Waals surface area contributed by atoms with Crippen molar-refractivity contribution in [1.29, 1.82) is 0 Å². The monoisotopic (exact) mass is 456 g/mol. The number of piperazine rings is 1. The van der Waals surface area contributed by atoms with E-state index in [2.05, 4.69) is 10.2 Å². The Labute approximate surface area is 182 Å². The fourth-order valence-corrected chi connectivity index (χ4v) is 4.84. The SMILES string of the molecule is CO[C@@H](C)CC1CN(C2=Nc3ccc(F)cc3Nc3sc(C(F)(F)F)cc32)CCN1C. The van der Waals surface area contributed by atoms with E-state index in [9.17, 15) is 17.6 Å². The van der Waals surface area contributed by atoms with Crippen LogP contribution in [0.4, 0.5) is 33.9 Å². The van der Waals surface area contributed by atoms with E-state index in [1.54, 1.807) is 13.2 Å². The van der Waals surface area contributed by atoms with Crippen LogP contribution in [0.5, 0.6) is 0 Å². The number of alkyl halides is 3. The molecule has 2 aliphatic rings. The lowest BCUT2D eigenvalue weighted by atomic mass is 10.0. The number of hydrogen-bond acceptors (Lipinski definition) is 6. The Morgan fingerprint density at radius 2 is 2.06 bits per heavy atom. The molecule has 4 rings (SSSR count). The molecule has 31 heavy (non-hydrogen) atoms. The van der Waals surface area contributed by atoms with Crippen LogP contribution < -0.4 is 5.32 Å². The molecule has 0 spiro atoms. The molecule has 168 valence electrons. The zero-order chi connectivity index (χ0) is 22.3. The first-order chi connectivity index (χ1) is 14.7. The van der Waals surface area contributed by atoms with Crippen LogP contribution in [-0.2, 0) is 10.9 Å². The lowest BCUT2D eigenvalue weighted by Gasteiger charge is -2.41.